The maximum absolute atomic E-state index is 14.6. The zero-order valence-electron chi connectivity index (χ0n) is 26.4. The van der Waals surface area contributed by atoms with Crippen LogP contribution in [-0.4, -0.2) is 43.8 Å². The van der Waals surface area contributed by atoms with Crippen molar-refractivity contribution in [3.05, 3.63) is 129 Å². The summed E-state index contributed by atoms with van der Waals surface area (Å²) in [5.41, 5.74) is 3.61. The quantitative estimate of drug-likeness (QED) is 0.160. The van der Waals surface area contributed by atoms with Crippen LogP contribution in [0.25, 0.3) is 0 Å². The van der Waals surface area contributed by atoms with Gasteiger partial charge >= 0.3 is 0 Å². The molecule has 0 aliphatic carbocycles. The van der Waals surface area contributed by atoms with Gasteiger partial charge in [0.05, 0.1) is 10.6 Å². The molecule has 0 aliphatic heterocycles. The molecule has 4 aromatic carbocycles. The maximum Gasteiger partial charge on any atom is 0.264 e. The number of carbonyl (C=O) groups is 2. The van der Waals surface area contributed by atoms with Gasteiger partial charge < -0.3 is 10.2 Å². The van der Waals surface area contributed by atoms with E-state index in [0.717, 1.165) is 21.0 Å². The molecule has 7 nitrogen and oxygen atoms in total. The van der Waals surface area contributed by atoms with Gasteiger partial charge in [0.2, 0.25) is 11.8 Å². The van der Waals surface area contributed by atoms with E-state index in [1.165, 1.54) is 17.0 Å². The highest BCUT2D eigenvalue weighted by Crippen LogP contribution is 2.28. The molecule has 0 bridgehead atoms. The summed E-state index contributed by atoms with van der Waals surface area (Å²) in [6, 6.07) is 26.5. The second-order valence-electron chi connectivity index (χ2n) is 11.4. The zero-order chi connectivity index (χ0) is 33.4. The van der Waals surface area contributed by atoms with Crippen LogP contribution >= 0.6 is 23.2 Å². The molecule has 0 radical (unpaired) electrons. The van der Waals surface area contributed by atoms with Crippen molar-refractivity contribution in [1.82, 2.24) is 10.2 Å². The Balaban J connectivity index is 1.84. The van der Waals surface area contributed by atoms with Crippen molar-refractivity contribution in [2.24, 2.45) is 0 Å². The minimum atomic E-state index is -4.18. The Kier molecular flexibility index (Phi) is 11.9. The number of nitrogens with zero attached hydrogens (tertiary/aromatic N) is 2. The number of hydrogen-bond donors (Lipinski definition) is 1. The van der Waals surface area contributed by atoms with Gasteiger partial charge in [-0.05, 0) is 85.8 Å². The average Bonchev–Trinajstić information content (AvgIpc) is 3.04. The smallest absolute Gasteiger partial charge is 0.264 e. The molecule has 2 atom stereocenters. The van der Waals surface area contributed by atoms with Crippen LogP contribution in [-0.2, 0) is 32.6 Å². The molecule has 242 valence electrons. The van der Waals surface area contributed by atoms with E-state index in [4.69, 9.17) is 23.2 Å². The summed E-state index contributed by atoms with van der Waals surface area (Å²) in [5.74, 6) is -0.913. The number of benzene rings is 4. The zero-order valence-corrected chi connectivity index (χ0v) is 28.7. The second-order valence-corrected chi connectivity index (χ2v) is 14.1. The molecule has 4 rings (SSSR count). The monoisotopic (exact) mass is 679 g/mol. The third-order valence-electron chi connectivity index (χ3n) is 8.02. The number of halogens is 2. The van der Waals surface area contributed by atoms with E-state index in [-0.39, 0.29) is 29.8 Å². The Morgan fingerprint density at radius 2 is 1.50 bits per heavy atom. The number of aryl methyl sites for hydroxylation is 2. The van der Waals surface area contributed by atoms with E-state index in [1.807, 2.05) is 64.1 Å². The number of nitrogens with one attached hydrogen (secondary N) is 1. The van der Waals surface area contributed by atoms with E-state index in [2.05, 4.69) is 5.32 Å². The van der Waals surface area contributed by atoms with Gasteiger partial charge in [-0.25, -0.2) is 8.42 Å². The van der Waals surface area contributed by atoms with Crippen molar-refractivity contribution in [3.63, 3.8) is 0 Å². The average molecular weight is 681 g/mol. The standard InChI is InChI=1S/C36H39Cl2N3O4S/c1-5-27(4)39-36(43)34(21-28-12-8-6-9-13-28)40(23-29-17-18-30(37)22-33(29)38)35(42)24-41(31-19-16-25(2)26(3)20-31)46(44,45)32-14-10-7-11-15-32/h6-20,22,27,34H,5,21,23-24H2,1-4H3,(H,39,43). The summed E-state index contributed by atoms with van der Waals surface area (Å²) in [4.78, 5) is 30.0. The molecule has 0 aromatic heterocycles. The van der Waals surface area contributed by atoms with Gasteiger partial charge in [0.1, 0.15) is 12.6 Å². The van der Waals surface area contributed by atoms with Crippen LogP contribution in [0.3, 0.4) is 0 Å². The highest BCUT2D eigenvalue weighted by Gasteiger charge is 2.35. The largest absolute Gasteiger partial charge is 0.352 e. The van der Waals surface area contributed by atoms with Crippen molar-refractivity contribution in [3.8, 4) is 0 Å². The topological polar surface area (TPSA) is 86.8 Å². The lowest BCUT2D eigenvalue weighted by Crippen LogP contribution is -2.54. The van der Waals surface area contributed by atoms with Crippen LogP contribution in [0.2, 0.25) is 10.0 Å². The summed E-state index contributed by atoms with van der Waals surface area (Å²) < 4.78 is 29.4. The SMILES string of the molecule is CCC(C)NC(=O)C(Cc1ccccc1)N(Cc1ccc(Cl)cc1Cl)C(=O)CN(c1ccc(C)c(C)c1)S(=O)(=O)c1ccccc1. The number of sulfonamides is 1. The lowest BCUT2D eigenvalue weighted by Gasteiger charge is -2.34. The Labute approximate surface area is 282 Å². The van der Waals surface area contributed by atoms with E-state index in [1.54, 1.807) is 48.5 Å². The summed E-state index contributed by atoms with van der Waals surface area (Å²) in [6.45, 7) is 7.08. The summed E-state index contributed by atoms with van der Waals surface area (Å²) in [5, 5.41) is 3.79. The lowest BCUT2D eigenvalue weighted by atomic mass is 10.0. The minimum Gasteiger partial charge on any atom is -0.352 e. The summed E-state index contributed by atoms with van der Waals surface area (Å²) >= 11 is 12.8. The fourth-order valence-electron chi connectivity index (χ4n) is 4.96. The number of hydrogen-bond acceptors (Lipinski definition) is 4. The fraction of sp³-hybridized carbons (Fsp3) is 0.278. The fourth-order valence-corrected chi connectivity index (χ4v) is 6.85. The van der Waals surface area contributed by atoms with Crippen LogP contribution in [0.15, 0.2) is 102 Å². The molecule has 0 fully saturated rings. The molecule has 0 aliphatic rings. The van der Waals surface area contributed by atoms with Gasteiger partial charge in [-0.15, -0.1) is 0 Å². The molecular weight excluding hydrogens is 641 g/mol. The first-order valence-corrected chi connectivity index (χ1v) is 17.3. The lowest BCUT2D eigenvalue weighted by molar-refractivity contribution is -0.140. The number of amides is 2. The normalized spacial score (nSPS) is 12.7. The highest BCUT2D eigenvalue weighted by molar-refractivity contribution is 7.92. The minimum absolute atomic E-state index is 0.0451. The van der Waals surface area contributed by atoms with E-state index >= 15 is 0 Å². The first kappa shape index (κ1) is 35.0. The van der Waals surface area contributed by atoms with Gasteiger partial charge in [0.25, 0.3) is 10.0 Å². The third kappa shape index (κ3) is 8.69. The highest BCUT2D eigenvalue weighted by atomic mass is 35.5. The molecule has 0 spiro atoms. The van der Waals surface area contributed by atoms with E-state index in [0.29, 0.717) is 27.7 Å². The van der Waals surface area contributed by atoms with Crippen molar-refractivity contribution in [2.75, 3.05) is 10.8 Å². The first-order chi connectivity index (χ1) is 21.9. The Bertz CT molecular complexity index is 1770. The molecule has 2 amide bonds. The van der Waals surface area contributed by atoms with Gasteiger partial charge in [-0.3, -0.25) is 13.9 Å². The van der Waals surface area contributed by atoms with Crippen molar-refractivity contribution in [2.45, 2.75) is 64.1 Å². The van der Waals surface area contributed by atoms with Crippen LogP contribution in [0.4, 0.5) is 5.69 Å². The van der Waals surface area contributed by atoms with Crippen LogP contribution in [0.5, 0.6) is 0 Å². The molecule has 0 saturated heterocycles. The van der Waals surface area contributed by atoms with Crippen LogP contribution in [0, 0.1) is 13.8 Å². The van der Waals surface area contributed by atoms with Crippen LogP contribution in [0.1, 0.15) is 42.5 Å². The number of rotatable bonds is 13. The summed E-state index contributed by atoms with van der Waals surface area (Å²) in [6.07, 6.45) is 0.895. The molecule has 1 N–H and O–H groups in total. The van der Waals surface area contributed by atoms with E-state index in [9.17, 15) is 18.0 Å². The Morgan fingerprint density at radius 3 is 2.11 bits per heavy atom. The molecule has 2 unspecified atom stereocenters. The predicted octanol–water partition coefficient (Wildman–Crippen LogP) is 7.36. The third-order valence-corrected chi connectivity index (χ3v) is 10.4. The van der Waals surface area contributed by atoms with Gasteiger partial charge in [0.15, 0.2) is 0 Å². The first-order valence-electron chi connectivity index (χ1n) is 15.1. The molecular formula is C36H39Cl2N3O4S. The number of carbonyl (C=O) groups excluding carboxylic acids is 2. The predicted molar refractivity (Wildman–Crippen MR) is 186 cm³/mol. The second kappa shape index (κ2) is 15.6. The maximum atomic E-state index is 14.6. The van der Waals surface area contributed by atoms with Crippen LogP contribution < -0.4 is 9.62 Å². The molecule has 0 heterocycles. The molecule has 0 saturated carbocycles. The number of anilines is 1. The van der Waals surface area contributed by atoms with Gasteiger partial charge in [0, 0.05) is 29.1 Å². The van der Waals surface area contributed by atoms with Crippen molar-refractivity contribution in [1.29, 1.82) is 0 Å². The Morgan fingerprint density at radius 1 is 0.848 bits per heavy atom. The Hall–Kier alpha value is -3.85. The van der Waals surface area contributed by atoms with Crippen molar-refractivity contribution < 1.29 is 18.0 Å². The van der Waals surface area contributed by atoms with Gasteiger partial charge in [-0.1, -0.05) is 90.8 Å². The molecule has 10 heteroatoms. The van der Waals surface area contributed by atoms with E-state index < -0.39 is 28.5 Å². The van der Waals surface area contributed by atoms with Gasteiger partial charge in [-0.2, -0.15) is 0 Å². The molecule has 4 aromatic rings. The summed E-state index contributed by atoms with van der Waals surface area (Å²) in [7, 11) is -4.18. The van der Waals surface area contributed by atoms with Crippen molar-refractivity contribution >= 4 is 50.7 Å². The molecule has 46 heavy (non-hydrogen) atoms.